The maximum absolute atomic E-state index is 4.29. The highest BCUT2D eigenvalue weighted by atomic mass is 32.1. The predicted molar refractivity (Wildman–Crippen MR) is 52.2 cm³/mol. The summed E-state index contributed by atoms with van der Waals surface area (Å²) in [6.07, 6.45) is 4.15. The number of hydrogen-bond donors (Lipinski definition) is 0. The van der Waals surface area contributed by atoms with Crippen molar-refractivity contribution in [1.82, 2.24) is 9.88 Å². The Hall–Kier alpha value is -0.670. The van der Waals surface area contributed by atoms with Crippen molar-refractivity contribution in [3.05, 3.63) is 22.7 Å². The Morgan fingerprint density at radius 3 is 3.17 bits per heavy atom. The predicted octanol–water partition coefficient (Wildman–Crippen LogP) is 1.86. The topological polar surface area (TPSA) is 16.1 Å². The summed E-state index contributed by atoms with van der Waals surface area (Å²) in [6.45, 7) is 5.49. The van der Waals surface area contributed by atoms with Crippen LogP contribution in [-0.2, 0) is 0 Å². The SMILES string of the molecule is CCN1CC=C(c2nccs2)C1. The van der Waals surface area contributed by atoms with Crippen LogP contribution in [0.1, 0.15) is 11.9 Å². The highest BCUT2D eigenvalue weighted by Crippen LogP contribution is 2.21. The van der Waals surface area contributed by atoms with Gasteiger partial charge in [0.05, 0.1) is 0 Å². The molecular weight excluding hydrogens is 168 g/mol. The second-order valence-corrected chi connectivity index (χ2v) is 3.79. The minimum absolute atomic E-state index is 1.07. The van der Waals surface area contributed by atoms with E-state index in [0.29, 0.717) is 0 Å². The second-order valence-electron chi connectivity index (χ2n) is 2.89. The number of nitrogens with zero attached hydrogens (tertiary/aromatic N) is 2. The largest absolute Gasteiger partial charge is 0.296 e. The molecule has 0 saturated carbocycles. The van der Waals surface area contributed by atoms with Crippen LogP contribution in [0.4, 0.5) is 0 Å². The standard InChI is InChI=1S/C9H12N2S/c1-2-11-5-3-8(7-11)9-10-4-6-12-9/h3-4,6H,2,5,7H2,1H3. The summed E-state index contributed by atoms with van der Waals surface area (Å²) in [7, 11) is 0. The molecule has 1 aliphatic heterocycles. The third kappa shape index (κ3) is 1.42. The first-order chi connectivity index (χ1) is 5.90. The van der Waals surface area contributed by atoms with E-state index in [0.717, 1.165) is 19.6 Å². The summed E-state index contributed by atoms with van der Waals surface area (Å²) in [5.41, 5.74) is 1.40. The fourth-order valence-corrected chi connectivity index (χ4v) is 2.06. The van der Waals surface area contributed by atoms with Gasteiger partial charge >= 0.3 is 0 Å². The first-order valence-electron chi connectivity index (χ1n) is 4.21. The Morgan fingerprint density at radius 1 is 1.67 bits per heavy atom. The van der Waals surface area contributed by atoms with E-state index >= 15 is 0 Å². The lowest BCUT2D eigenvalue weighted by Gasteiger charge is -2.10. The zero-order chi connectivity index (χ0) is 8.39. The molecule has 64 valence electrons. The minimum atomic E-state index is 1.07. The molecule has 0 saturated heterocycles. The van der Waals surface area contributed by atoms with Crippen LogP contribution in [0.2, 0.25) is 0 Å². The molecule has 3 heteroatoms. The fourth-order valence-electron chi connectivity index (χ4n) is 1.39. The van der Waals surface area contributed by atoms with Gasteiger partial charge in [-0.1, -0.05) is 13.0 Å². The summed E-state index contributed by atoms with van der Waals surface area (Å²) in [5.74, 6) is 0. The van der Waals surface area contributed by atoms with Crippen molar-refractivity contribution in [2.75, 3.05) is 19.6 Å². The van der Waals surface area contributed by atoms with E-state index in [9.17, 15) is 0 Å². The van der Waals surface area contributed by atoms with E-state index in [1.165, 1.54) is 10.6 Å². The average Bonchev–Trinajstić information content (AvgIpc) is 2.75. The highest BCUT2D eigenvalue weighted by Gasteiger charge is 2.14. The highest BCUT2D eigenvalue weighted by molar-refractivity contribution is 7.10. The maximum atomic E-state index is 4.29. The van der Waals surface area contributed by atoms with E-state index in [1.807, 2.05) is 11.6 Å². The van der Waals surface area contributed by atoms with Gasteiger partial charge in [0.15, 0.2) is 0 Å². The van der Waals surface area contributed by atoms with Crippen LogP contribution in [0.3, 0.4) is 0 Å². The molecule has 0 amide bonds. The molecule has 0 spiro atoms. The van der Waals surface area contributed by atoms with Crippen LogP contribution in [0.5, 0.6) is 0 Å². The number of likely N-dealkylation sites (N-methyl/N-ethyl adjacent to an activating group) is 1. The van der Waals surface area contributed by atoms with Crippen LogP contribution < -0.4 is 0 Å². The Labute approximate surface area is 76.5 Å². The van der Waals surface area contributed by atoms with Gasteiger partial charge in [-0.05, 0) is 12.1 Å². The minimum Gasteiger partial charge on any atom is -0.296 e. The Balaban J connectivity index is 2.09. The van der Waals surface area contributed by atoms with Gasteiger partial charge in [0.2, 0.25) is 0 Å². The number of rotatable bonds is 2. The molecule has 1 aromatic rings. The van der Waals surface area contributed by atoms with Gasteiger partial charge in [0.25, 0.3) is 0 Å². The number of hydrogen-bond acceptors (Lipinski definition) is 3. The lowest BCUT2D eigenvalue weighted by atomic mass is 10.3. The van der Waals surface area contributed by atoms with E-state index < -0.39 is 0 Å². The van der Waals surface area contributed by atoms with Gasteiger partial charge in [-0.25, -0.2) is 4.98 Å². The number of thiazole rings is 1. The van der Waals surface area contributed by atoms with Gasteiger partial charge in [-0.2, -0.15) is 0 Å². The molecule has 0 unspecified atom stereocenters. The molecule has 0 aromatic carbocycles. The molecule has 1 aliphatic rings. The van der Waals surface area contributed by atoms with Crippen LogP contribution >= 0.6 is 11.3 Å². The van der Waals surface area contributed by atoms with Crippen molar-refractivity contribution in [3.63, 3.8) is 0 Å². The van der Waals surface area contributed by atoms with E-state index in [4.69, 9.17) is 0 Å². The van der Waals surface area contributed by atoms with Gasteiger partial charge in [-0.3, -0.25) is 4.90 Å². The molecule has 0 fully saturated rings. The molecule has 0 aliphatic carbocycles. The summed E-state index contributed by atoms with van der Waals surface area (Å²) in [4.78, 5) is 6.69. The van der Waals surface area contributed by atoms with Gasteiger partial charge < -0.3 is 0 Å². The van der Waals surface area contributed by atoms with E-state index in [1.54, 1.807) is 11.3 Å². The van der Waals surface area contributed by atoms with Crippen LogP contribution in [-0.4, -0.2) is 29.5 Å². The molecule has 0 bridgehead atoms. The molecule has 2 rings (SSSR count). The summed E-state index contributed by atoms with van der Waals surface area (Å²) < 4.78 is 0. The van der Waals surface area contributed by atoms with E-state index in [2.05, 4.69) is 22.9 Å². The van der Waals surface area contributed by atoms with Gasteiger partial charge in [0.1, 0.15) is 5.01 Å². The molecule has 0 N–H and O–H groups in total. The molecule has 2 heterocycles. The van der Waals surface area contributed by atoms with Crippen LogP contribution in [0.15, 0.2) is 17.7 Å². The molecule has 2 nitrogen and oxygen atoms in total. The molecule has 1 aromatic heterocycles. The van der Waals surface area contributed by atoms with Crippen LogP contribution in [0, 0.1) is 0 Å². The van der Waals surface area contributed by atoms with Crippen molar-refractivity contribution >= 4 is 16.9 Å². The van der Waals surface area contributed by atoms with Gasteiger partial charge in [-0.15, -0.1) is 11.3 Å². The molecule has 0 radical (unpaired) electrons. The van der Waals surface area contributed by atoms with Crippen molar-refractivity contribution < 1.29 is 0 Å². The molecule has 12 heavy (non-hydrogen) atoms. The second kappa shape index (κ2) is 3.37. The Bertz CT molecular complexity index is 277. The van der Waals surface area contributed by atoms with Crippen LogP contribution in [0.25, 0.3) is 5.57 Å². The monoisotopic (exact) mass is 180 g/mol. The third-order valence-electron chi connectivity index (χ3n) is 2.14. The first-order valence-corrected chi connectivity index (χ1v) is 5.09. The average molecular weight is 180 g/mol. The summed E-state index contributed by atoms with van der Waals surface area (Å²) >= 11 is 1.73. The molecule has 0 atom stereocenters. The van der Waals surface area contributed by atoms with Crippen molar-refractivity contribution in [2.24, 2.45) is 0 Å². The zero-order valence-electron chi connectivity index (χ0n) is 7.16. The third-order valence-corrected chi connectivity index (χ3v) is 2.99. The summed E-state index contributed by atoms with van der Waals surface area (Å²) in [6, 6.07) is 0. The normalized spacial score (nSPS) is 18.2. The van der Waals surface area contributed by atoms with Crippen molar-refractivity contribution in [1.29, 1.82) is 0 Å². The smallest absolute Gasteiger partial charge is 0.120 e. The Morgan fingerprint density at radius 2 is 2.58 bits per heavy atom. The lowest BCUT2D eigenvalue weighted by molar-refractivity contribution is 0.376. The molecular formula is C9H12N2S. The lowest BCUT2D eigenvalue weighted by Crippen LogP contribution is -2.19. The van der Waals surface area contributed by atoms with Crippen molar-refractivity contribution in [2.45, 2.75) is 6.92 Å². The van der Waals surface area contributed by atoms with E-state index in [-0.39, 0.29) is 0 Å². The number of aromatic nitrogens is 1. The summed E-state index contributed by atoms with van der Waals surface area (Å²) in [5, 5.41) is 3.22. The van der Waals surface area contributed by atoms with Gasteiger partial charge in [0, 0.05) is 24.7 Å². The fraction of sp³-hybridized carbons (Fsp3) is 0.444. The quantitative estimate of drug-likeness (QED) is 0.690. The van der Waals surface area contributed by atoms with Crippen molar-refractivity contribution in [3.8, 4) is 0 Å². The first kappa shape index (κ1) is 7.95. The zero-order valence-corrected chi connectivity index (χ0v) is 7.97. The Kier molecular flexibility index (Phi) is 2.23. The maximum Gasteiger partial charge on any atom is 0.120 e.